The van der Waals surface area contributed by atoms with E-state index in [4.69, 9.17) is 18.9 Å². The van der Waals surface area contributed by atoms with Gasteiger partial charge in [0.2, 0.25) is 0 Å². The zero-order chi connectivity index (χ0) is 44.5. The van der Waals surface area contributed by atoms with Gasteiger partial charge in [0.1, 0.15) is 34.7 Å². The Balaban J connectivity index is 1.71. The number of aromatic hydroxyl groups is 3. The fraction of sp³-hybridized carbons (Fsp3) is 0.533. The molecule has 4 aliphatic heterocycles. The number of aliphatic hydroxyl groups is 2. The molecule has 0 radical (unpaired) electrons. The molecular formula is C45H61N3O12. The lowest BCUT2D eigenvalue weighted by Gasteiger charge is -2.38. The summed E-state index contributed by atoms with van der Waals surface area (Å²) in [4.78, 5) is 44.7. The fourth-order valence-electron chi connectivity index (χ4n) is 8.53. The molecule has 2 aromatic carbocycles. The Morgan fingerprint density at radius 3 is 2.18 bits per heavy atom. The number of nitrogens with zero attached hydrogens (tertiary/aromatic N) is 2. The van der Waals surface area contributed by atoms with E-state index in [-0.39, 0.29) is 44.6 Å². The third-order valence-corrected chi connectivity index (χ3v) is 12.2. The molecule has 0 spiro atoms. The number of hydrogen-bond acceptors (Lipinski definition) is 14. The first-order valence-electron chi connectivity index (χ1n) is 20.3. The normalized spacial score (nSPS) is 31.5. The number of methoxy groups -OCH3 is 1. The Morgan fingerprint density at radius 1 is 0.933 bits per heavy atom. The molecule has 4 heterocycles. The van der Waals surface area contributed by atoms with Gasteiger partial charge in [-0.2, -0.15) is 0 Å². The van der Waals surface area contributed by atoms with E-state index < -0.39 is 88.8 Å². The molecule has 1 amide bonds. The molecule has 15 nitrogen and oxygen atoms in total. The number of ketones is 1. The highest BCUT2D eigenvalue weighted by Crippen LogP contribution is 2.57. The van der Waals surface area contributed by atoms with Crippen LogP contribution in [0.5, 0.6) is 23.0 Å². The van der Waals surface area contributed by atoms with E-state index in [1.807, 2.05) is 6.92 Å². The van der Waals surface area contributed by atoms with Crippen LogP contribution in [0.15, 0.2) is 48.3 Å². The Bertz CT molecular complexity index is 2100. The second kappa shape index (κ2) is 18.3. The summed E-state index contributed by atoms with van der Waals surface area (Å²) in [5.41, 5.74) is 0.996. The van der Waals surface area contributed by atoms with Crippen LogP contribution in [0, 0.1) is 30.6 Å². The van der Waals surface area contributed by atoms with Gasteiger partial charge in [0.05, 0.1) is 35.5 Å². The number of rotatable bonds is 5. The number of phenols is 3. The number of nitrogens with one attached hydrogen (secondary N) is 1. The maximum absolute atomic E-state index is 14.5. The topological polar surface area (TPSA) is 208 Å². The van der Waals surface area contributed by atoms with Gasteiger partial charge in [0.15, 0.2) is 5.75 Å². The SMILES string of the molecule is C=C(C)CN1CCN(c2c3c(O)c4c(O)c(C)c5c(c4c2O)C(=O)[C@@](C)(O/C=C/[C@H](OC)[C@@H](C)[C@@H](OC(C)=O)[C@H](C)[C@H](O)[C@H](C)[C@@H](O)[C@@H](C)/C=C/C=C(/C)C(=O)N3)O5)CC1. The summed E-state index contributed by atoms with van der Waals surface area (Å²) in [5.74, 6) is -8.02. The zero-order valence-corrected chi connectivity index (χ0v) is 36.2. The number of fused-ring (bicyclic) bond motifs is 14. The van der Waals surface area contributed by atoms with Gasteiger partial charge in [-0.1, -0.05) is 58.1 Å². The number of benzene rings is 2. The number of amides is 1. The van der Waals surface area contributed by atoms with Crippen LogP contribution in [0.3, 0.4) is 0 Å². The standard InChI is InChI=1S/C45H61N3O12/c1-22(2)21-47-16-18-48(19-17-47)35-34-39(53)32-31(40(35)54)33-42(28(8)38(32)52)60-45(10,43(33)55)58-20-15-30(57-11)25(5)41(59-29(9)49)27(7)37(51)26(6)36(50)23(3)13-12-14-24(4)44(56)46-34/h12-15,20,23,25-27,30,36-37,41,50-54H,1,16-19,21H2,2-11H3,(H,46,56)/b13-12+,20-15+,24-14-/t23-,25+,26+,27+,30-,36-,37+,41+,45-/m0/s1. The number of phenolic OH excluding ortho intramolecular Hbond substituents is 3. The molecular weight excluding hydrogens is 775 g/mol. The molecule has 1 saturated heterocycles. The number of hydrogen-bond donors (Lipinski definition) is 6. The van der Waals surface area contributed by atoms with Crippen LogP contribution in [0.4, 0.5) is 11.4 Å². The van der Waals surface area contributed by atoms with Crippen molar-refractivity contribution in [3.63, 3.8) is 0 Å². The summed E-state index contributed by atoms with van der Waals surface area (Å²) < 4.78 is 23.7. The van der Waals surface area contributed by atoms with Crippen molar-refractivity contribution in [1.82, 2.24) is 4.90 Å². The predicted octanol–water partition coefficient (Wildman–Crippen LogP) is 5.45. The molecule has 328 valence electrons. The number of piperazine rings is 1. The second-order valence-corrected chi connectivity index (χ2v) is 16.8. The highest BCUT2D eigenvalue weighted by atomic mass is 16.7. The molecule has 0 unspecified atom stereocenters. The van der Waals surface area contributed by atoms with Gasteiger partial charge >= 0.3 is 11.8 Å². The van der Waals surface area contributed by atoms with Crippen LogP contribution in [-0.4, -0.2) is 118 Å². The number of anilines is 2. The van der Waals surface area contributed by atoms with Crippen molar-refractivity contribution in [3.8, 4) is 23.0 Å². The average Bonchev–Trinajstić information content (AvgIpc) is 3.46. The van der Waals surface area contributed by atoms with Crippen molar-refractivity contribution in [3.05, 3.63) is 59.4 Å². The molecule has 9 atom stereocenters. The second-order valence-electron chi connectivity index (χ2n) is 16.8. The molecule has 0 aromatic heterocycles. The van der Waals surface area contributed by atoms with Crippen LogP contribution < -0.4 is 15.0 Å². The molecule has 1 fully saturated rings. The first kappa shape index (κ1) is 46.0. The van der Waals surface area contributed by atoms with Gasteiger partial charge < -0.3 is 54.7 Å². The average molecular weight is 836 g/mol. The summed E-state index contributed by atoms with van der Waals surface area (Å²) in [7, 11) is 1.44. The third-order valence-electron chi connectivity index (χ3n) is 12.2. The largest absolute Gasteiger partial charge is 0.507 e. The van der Waals surface area contributed by atoms with Gasteiger partial charge in [0.25, 0.3) is 11.7 Å². The quantitative estimate of drug-likeness (QED) is 0.0959. The first-order chi connectivity index (χ1) is 28.1. The van der Waals surface area contributed by atoms with E-state index in [1.54, 1.807) is 51.7 Å². The maximum atomic E-state index is 14.5. The monoisotopic (exact) mass is 835 g/mol. The predicted molar refractivity (Wildman–Crippen MR) is 227 cm³/mol. The van der Waals surface area contributed by atoms with Crippen LogP contribution in [0.25, 0.3) is 10.8 Å². The Hall–Kier alpha value is -5.09. The van der Waals surface area contributed by atoms with E-state index in [9.17, 15) is 39.9 Å². The van der Waals surface area contributed by atoms with Gasteiger partial charge in [-0.25, -0.2) is 0 Å². The summed E-state index contributed by atoms with van der Waals surface area (Å²) in [6.07, 6.45) is 3.68. The lowest BCUT2D eigenvalue weighted by Crippen LogP contribution is -2.47. The fourth-order valence-corrected chi connectivity index (χ4v) is 8.53. The van der Waals surface area contributed by atoms with Gasteiger partial charge in [-0.15, -0.1) is 0 Å². The molecule has 0 aliphatic carbocycles. The minimum Gasteiger partial charge on any atom is -0.507 e. The molecule has 0 saturated carbocycles. The molecule has 2 aromatic rings. The van der Waals surface area contributed by atoms with Gasteiger partial charge in [-0.05, 0) is 26.8 Å². The van der Waals surface area contributed by atoms with Crippen LogP contribution >= 0.6 is 0 Å². The van der Waals surface area contributed by atoms with Crippen LogP contribution in [0.2, 0.25) is 0 Å². The minimum absolute atomic E-state index is 0.0478. The van der Waals surface area contributed by atoms with E-state index in [0.717, 1.165) is 5.57 Å². The molecule has 6 N–H and O–H groups in total. The number of aliphatic hydroxyl groups excluding tert-OH is 2. The van der Waals surface area contributed by atoms with Crippen molar-refractivity contribution in [2.45, 2.75) is 92.5 Å². The molecule has 4 aliphatic rings. The Labute approximate surface area is 351 Å². The van der Waals surface area contributed by atoms with E-state index >= 15 is 0 Å². The Kier molecular flexibility index (Phi) is 14.0. The third kappa shape index (κ3) is 8.85. The number of carbonyl (C=O) groups is 3. The molecule has 5 bridgehead atoms. The lowest BCUT2D eigenvalue weighted by molar-refractivity contribution is -0.160. The van der Waals surface area contributed by atoms with Gasteiger partial charge in [0, 0.05) is 93.9 Å². The summed E-state index contributed by atoms with van der Waals surface area (Å²) in [5, 5.41) is 61.3. The van der Waals surface area contributed by atoms with Crippen LogP contribution in [0.1, 0.15) is 71.3 Å². The van der Waals surface area contributed by atoms with Crippen LogP contribution in [-0.2, 0) is 23.8 Å². The maximum Gasteiger partial charge on any atom is 0.312 e. The number of carbonyl (C=O) groups excluding carboxylic acids is 3. The van der Waals surface area contributed by atoms with Crippen molar-refractivity contribution >= 4 is 39.8 Å². The van der Waals surface area contributed by atoms with Crippen molar-refractivity contribution in [2.75, 3.05) is 50.1 Å². The number of Topliss-reactive ketones (excluding diaryl/α,β-unsaturated/α-hetero) is 1. The number of allylic oxidation sites excluding steroid dienone is 2. The summed E-state index contributed by atoms with van der Waals surface area (Å²) in [6.45, 7) is 21.1. The highest BCUT2D eigenvalue weighted by molar-refractivity contribution is 6.23. The van der Waals surface area contributed by atoms with Crippen molar-refractivity contribution < 1.29 is 58.9 Å². The molecule has 15 heteroatoms. The number of esters is 1. The highest BCUT2D eigenvalue weighted by Gasteiger charge is 2.50. The molecule has 60 heavy (non-hydrogen) atoms. The van der Waals surface area contributed by atoms with E-state index in [2.05, 4.69) is 16.8 Å². The van der Waals surface area contributed by atoms with E-state index in [0.29, 0.717) is 32.7 Å². The first-order valence-corrected chi connectivity index (χ1v) is 20.3. The lowest BCUT2D eigenvalue weighted by atomic mass is 9.78. The van der Waals surface area contributed by atoms with Crippen molar-refractivity contribution in [1.29, 1.82) is 0 Å². The minimum atomic E-state index is -2.03. The van der Waals surface area contributed by atoms with Crippen molar-refractivity contribution in [2.24, 2.45) is 23.7 Å². The summed E-state index contributed by atoms with van der Waals surface area (Å²) in [6, 6.07) is 0. The smallest absolute Gasteiger partial charge is 0.312 e. The Morgan fingerprint density at radius 2 is 1.58 bits per heavy atom. The van der Waals surface area contributed by atoms with E-state index in [1.165, 1.54) is 46.3 Å². The molecule has 6 rings (SSSR count). The summed E-state index contributed by atoms with van der Waals surface area (Å²) >= 11 is 0. The number of ether oxygens (including phenoxy) is 4. The zero-order valence-electron chi connectivity index (χ0n) is 36.2. The van der Waals surface area contributed by atoms with Gasteiger partial charge in [-0.3, -0.25) is 19.3 Å².